The Bertz CT molecular complexity index is 608. The van der Waals surface area contributed by atoms with Crippen LogP contribution in [0.2, 0.25) is 0 Å². The van der Waals surface area contributed by atoms with Crippen molar-refractivity contribution in [3.05, 3.63) is 41.5 Å². The first kappa shape index (κ1) is 13.2. The smallest absolute Gasteiger partial charge is 0.358 e. The van der Waals surface area contributed by atoms with Gasteiger partial charge in [0.25, 0.3) is 0 Å². The van der Waals surface area contributed by atoms with Crippen LogP contribution in [0.3, 0.4) is 0 Å². The number of aromatic carboxylic acids is 1. The number of hydrogen-bond acceptors (Lipinski definition) is 3. The predicted octanol–water partition coefficient (Wildman–Crippen LogP) is 2.30. The standard InChI is InChI=1S/C13H14FN3O2/c1-8(2)7-11-12(13(18)19)15-16-17(11)10-6-4-3-5-9(10)14/h3-6,8H,7H2,1-2H3,(H,18,19). The van der Waals surface area contributed by atoms with Crippen molar-refractivity contribution in [2.75, 3.05) is 0 Å². The van der Waals surface area contributed by atoms with Gasteiger partial charge in [0, 0.05) is 0 Å². The summed E-state index contributed by atoms with van der Waals surface area (Å²) in [6.07, 6.45) is 0.461. The minimum atomic E-state index is -1.15. The molecule has 0 spiro atoms. The molecule has 1 aromatic carbocycles. The van der Waals surface area contributed by atoms with E-state index >= 15 is 0 Å². The minimum Gasteiger partial charge on any atom is -0.476 e. The van der Waals surface area contributed by atoms with E-state index < -0.39 is 11.8 Å². The summed E-state index contributed by atoms with van der Waals surface area (Å²) >= 11 is 0. The molecule has 0 aliphatic heterocycles. The van der Waals surface area contributed by atoms with Gasteiger partial charge in [-0.1, -0.05) is 31.2 Å². The van der Waals surface area contributed by atoms with Crippen molar-refractivity contribution in [2.45, 2.75) is 20.3 Å². The van der Waals surface area contributed by atoms with Gasteiger partial charge < -0.3 is 5.11 Å². The van der Waals surface area contributed by atoms with E-state index in [0.717, 1.165) is 0 Å². The summed E-state index contributed by atoms with van der Waals surface area (Å²) in [6.45, 7) is 3.90. The predicted molar refractivity (Wildman–Crippen MR) is 66.8 cm³/mol. The second-order valence-corrected chi connectivity index (χ2v) is 4.65. The molecule has 0 saturated heterocycles. The molecule has 0 aliphatic rings. The number of carboxylic acids is 1. The third-order valence-corrected chi connectivity index (χ3v) is 2.65. The Labute approximate surface area is 109 Å². The lowest BCUT2D eigenvalue weighted by Crippen LogP contribution is -2.10. The fraction of sp³-hybridized carbons (Fsp3) is 0.308. The molecule has 0 bridgehead atoms. The normalized spacial score (nSPS) is 10.9. The highest BCUT2D eigenvalue weighted by Crippen LogP contribution is 2.19. The summed E-state index contributed by atoms with van der Waals surface area (Å²) in [7, 11) is 0. The number of carboxylic acid groups (broad SMARTS) is 1. The number of benzene rings is 1. The number of para-hydroxylation sites is 1. The molecule has 0 amide bonds. The molecule has 2 rings (SSSR count). The number of hydrogen-bond donors (Lipinski definition) is 1. The van der Waals surface area contributed by atoms with Gasteiger partial charge in [0.05, 0.1) is 5.69 Å². The largest absolute Gasteiger partial charge is 0.476 e. The van der Waals surface area contributed by atoms with Crippen LogP contribution in [-0.2, 0) is 6.42 Å². The van der Waals surface area contributed by atoms with Gasteiger partial charge in [0.1, 0.15) is 11.5 Å². The van der Waals surface area contributed by atoms with Crippen molar-refractivity contribution >= 4 is 5.97 Å². The molecule has 1 N–H and O–H groups in total. The van der Waals surface area contributed by atoms with Gasteiger partial charge in [-0.25, -0.2) is 13.9 Å². The molecule has 19 heavy (non-hydrogen) atoms. The molecule has 0 aliphatic carbocycles. The van der Waals surface area contributed by atoms with Crippen molar-refractivity contribution in [3.8, 4) is 5.69 Å². The summed E-state index contributed by atoms with van der Waals surface area (Å²) in [6, 6.07) is 6.08. The molecule has 1 heterocycles. The highest BCUT2D eigenvalue weighted by Gasteiger charge is 2.21. The summed E-state index contributed by atoms with van der Waals surface area (Å²) in [5.74, 6) is -1.41. The summed E-state index contributed by atoms with van der Waals surface area (Å²) in [5, 5.41) is 16.5. The van der Waals surface area contributed by atoms with Crippen LogP contribution in [0.4, 0.5) is 4.39 Å². The Balaban J connectivity index is 2.58. The number of nitrogens with zero attached hydrogens (tertiary/aromatic N) is 3. The second kappa shape index (κ2) is 5.17. The lowest BCUT2D eigenvalue weighted by molar-refractivity contribution is 0.0689. The number of rotatable bonds is 4. The fourth-order valence-corrected chi connectivity index (χ4v) is 1.85. The zero-order chi connectivity index (χ0) is 14.0. The lowest BCUT2D eigenvalue weighted by atomic mass is 10.1. The van der Waals surface area contributed by atoms with Gasteiger partial charge in [-0.05, 0) is 24.5 Å². The number of carbonyl (C=O) groups is 1. The highest BCUT2D eigenvalue weighted by atomic mass is 19.1. The maximum absolute atomic E-state index is 13.8. The lowest BCUT2D eigenvalue weighted by Gasteiger charge is -2.09. The Morgan fingerprint density at radius 1 is 1.42 bits per heavy atom. The zero-order valence-electron chi connectivity index (χ0n) is 10.7. The third-order valence-electron chi connectivity index (χ3n) is 2.65. The molecular formula is C13H14FN3O2. The Morgan fingerprint density at radius 3 is 2.68 bits per heavy atom. The van der Waals surface area contributed by atoms with Gasteiger partial charge >= 0.3 is 5.97 Å². The van der Waals surface area contributed by atoms with Crippen LogP contribution in [0.1, 0.15) is 30.0 Å². The SMILES string of the molecule is CC(C)Cc1c(C(=O)O)nnn1-c1ccccc1F. The molecule has 0 radical (unpaired) electrons. The molecular weight excluding hydrogens is 249 g/mol. The summed E-state index contributed by atoms with van der Waals surface area (Å²) in [4.78, 5) is 11.1. The van der Waals surface area contributed by atoms with Crippen LogP contribution in [0, 0.1) is 11.7 Å². The Hall–Kier alpha value is -2.24. The van der Waals surface area contributed by atoms with Crippen molar-refractivity contribution in [2.24, 2.45) is 5.92 Å². The van der Waals surface area contributed by atoms with E-state index in [0.29, 0.717) is 12.1 Å². The number of aromatic nitrogens is 3. The van der Waals surface area contributed by atoms with E-state index in [1.165, 1.54) is 10.7 Å². The van der Waals surface area contributed by atoms with Crippen LogP contribution in [0.5, 0.6) is 0 Å². The first-order chi connectivity index (χ1) is 9.00. The second-order valence-electron chi connectivity index (χ2n) is 4.65. The van der Waals surface area contributed by atoms with E-state index in [4.69, 9.17) is 5.11 Å². The third kappa shape index (κ3) is 2.62. The van der Waals surface area contributed by atoms with Gasteiger partial charge in [0.15, 0.2) is 5.69 Å². The molecule has 0 atom stereocenters. The van der Waals surface area contributed by atoms with E-state index in [2.05, 4.69) is 10.3 Å². The average Bonchev–Trinajstić information content (AvgIpc) is 2.72. The van der Waals surface area contributed by atoms with Crippen LogP contribution in [-0.4, -0.2) is 26.1 Å². The van der Waals surface area contributed by atoms with Crippen LogP contribution < -0.4 is 0 Å². The van der Waals surface area contributed by atoms with E-state index in [1.807, 2.05) is 13.8 Å². The summed E-state index contributed by atoms with van der Waals surface area (Å²) in [5.41, 5.74) is 0.489. The highest BCUT2D eigenvalue weighted by molar-refractivity contribution is 5.86. The van der Waals surface area contributed by atoms with Gasteiger partial charge in [-0.2, -0.15) is 0 Å². The van der Waals surface area contributed by atoms with E-state index in [-0.39, 0.29) is 17.3 Å². The first-order valence-corrected chi connectivity index (χ1v) is 5.93. The zero-order valence-corrected chi connectivity index (χ0v) is 10.7. The molecule has 0 unspecified atom stereocenters. The molecule has 2 aromatic rings. The molecule has 0 fully saturated rings. The maximum Gasteiger partial charge on any atom is 0.358 e. The van der Waals surface area contributed by atoms with Crippen LogP contribution in [0.25, 0.3) is 5.69 Å². The van der Waals surface area contributed by atoms with Gasteiger partial charge in [0.2, 0.25) is 0 Å². The van der Waals surface area contributed by atoms with Crippen molar-refractivity contribution < 1.29 is 14.3 Å². The fourth-order valence-electron chi connectivity index (χ4n) is 1.85. The Kier molecular flexibility index (Phi) is 3.59. The topological polar surface area (TPSA) is 68.0 Å². The maximum atomic E-state index is 13.8. The molecule has 5 nitrogen and oxygen atoms in total. The van der Waals surface area contributed by atoms with E-state index in [1.54, 1.807) is 18.2 Å². The van der Waals surface area contributed by atoms with Crippen LogP contribution >= 0.6 is 0 Å². The average molecular weight is 263 g/mol. The summed E-state index contributed by atoms with van der Waals surface area (Å²) < 4.78 is 15.0. The van der Waals surface area contributed by atoms with Crippen LogP contribution in [0.15, 0.2) is 24.3 Å². The van der Waals surface area contributed by atoms with Gasteiger partial charge in [-0.3, -0.25) is 0 Å². The first-order valence-electron chi connectivity index (χ1n) is 5.93. The van der Waals surface area contributed by atoms with E-state index in [9.17, 15) is 9.18 Å². The van der Waals surface area contributed by atoms with Crippen molar-refractivity contribution in [3.63, 3.8) is 0 Å². The van der Waals surface area contributed by atoms with Crippen molar-refractivity contribution in [1.82, 2.24) is 15.0 Å². The molecule has 6 heteroatoms. The Morgan fingerprint density at radius 2 is 2.11 bits per heavy atom. The monoisotopic (exact) mass is 263 g/mol. The number of halogens is 1. The minimum absolute atomic E-state index is 0.128. The molecule has 100 valence electrons. The van der Waals surface area contributed by atoms with Gasteiger partial charge in [-0.15, -0.1) is 5.10 Å². The molecule has 1 aromatic heterocycles. The molecule has 0 saturated carbocycles. The quantitative estimate of drug-likeness (QED) is 0.919. The van der Waals surface area contributed by atoms with Crippen molar-refractivity contribution in [1.29, 1.82) is 0 Å².